The fourth-order valence-corrected chi connectivity index (χ4v) is 6.52. The first kappa shape index (κ1) is 21.5. The van der Waals surface area contributed by atoms with Crippen LogP contribution in [0.15, 0.2) is 122 Å². The van der Waals surface area contributed by atoms with Gasteiger partial charge in [-0.05, 0) is 72.0 Å². The zero-order valence-corrected chi connectivity index (χ0v) is 21.0. The maximum absolute atomic E-state index is 4.95. The molecule has 0 saturated carbocycles. The molecule has 0 bridgehead atoms. The molecule has 3 heteroatoms. The number of fused-ring (bicyclic) bond motifs is 6. The number of rotatable bonds is 3. The third-order valence-corrected chi connectivity index (χ3v) is 8.27. The van der Waals surface area contributed by atoms with Crippen LogP contribution < -0.4 is 4.90 Å². The third kappa shape index (κ3) is 3.18. The van der Waals surface area contributed by atoms with Crippen molar-refractivity contribution in [1.29, 1.82) is 0 Å². The Kier molecular flexibility index (Phi) is 4.78. The summed E-state index contributed by atoms with van der Waals surface area (Å²) in [6, 6.07) is 31.0. The number of hydrogen-bond donors (Lipinski definition) is 0. The molecule has 5 aromatic rings. The van der Waals surface area contributed by atoms with E-state index in [0.717, 1.165) is 24.2 Å². The van der Waals surface area contributed by atoms with Gasteiger partial charge in [0.1, 0.15) is 5.82 Å². The van der Waals surface area contributed by atoms with Crippen LogP contribution in [0.25, 0.3) is 33.8 Å². The van der Waals surface area contributed by atoms with Crippen LogP contribution in [0.1, 0.15) is 29.2 Å². The topological polar surface area (TPSA) is 21.1 Å². The van der Waals surface area contributed by atoms with Crippen molar-refractivity contribution in [2.45, 2.75) is 24.8 Å². The smallest absolute Gasteiger partial charge is 0.133 e. The second-order valence-corrected chi connectivity index (χ2v) is 10.3. The van der Waals surface area contributed by atoms with Gasteiger partial charge in [0.25, 0.3) is 0 Å². The van der Waals surface area contributed by atoms with E-state index >= 15 is 0 Å². The zero-order chi connectivity index (χ0) is 25.1. The average Bonchev–Trinajstić information content (AvgIpc) is 3.51. The molecule has 1 aliphatic heterocycles. The first-order valence-electron chi connectivity index (χ1n) is 13.5. The fraction of sp³-hybridized carbons (Fsp3) is 0.114. The summed E-state index contributed by atoms with van der Waals surface area (Å²) in [6.07, 6.45) is 17.7. The van der Waals surface area contributed by atoms with Crippen LogP contribution >= 0.6 is 0 Å². The van der Waals surface area contributed by atoms with Crippen molar-refractivity contribution in [3.8, 4) is 16.8 Å². The molecule has 3 heterocycles. The van der Waals surface area contributed by atoms with Gasteiger partial charge in [-0.1, -0.05) is 78.9 Å². The van der Waals surface area contributed by atoms with Crippen molar-refractivity contribution in [3.63, 3.8) is 0 Å². The van der Waals surface area contributed by atoms with Crippen molar-refractivity contribution in [2.24, 2.45) is 0 Å². The Balaban J connectivity index is 1.13. The van der Waals surface area contributed by atoms with E-state index < -0.39 is 0 Å². The van der Waals surface area contributed by atoms with E-state index in [1.54, 1.807) is 0 Å². The van der Waals surface area contributed by atoms with Crippen molar-refractivity contribution in [3.05, 3.63) is 138 Å². The number of para-hydroxylation sites is 2. The minimum atomic E-state index is 0.270. The second kappa shape index (κ2) is 8.46. The Morgan fingerprint density at radius 1 is 0.763 bits per heavy atom. The Hall–Kier alpha value is -4.63. The first-order chi connectivity index (χ1) is 18.9. The Labute approximate surface area is 222 Å². The summed E-state index contributed by atoms with van der Waals surface area (Å²) in [4.78, 5) is 7.33. The van der Waals surface area contributed by atoms with Crippen molar-refractivity contribution < 1.29 is 0 Å². The van der Waals surface area contributed by atoms with Gasteiger partial charge in [-0.25, -0.2) is 4.98 Å². The van der Waals surface area contributed by atoms with E-state index in [9.17, 15) is 0 Å². The largest absolute Gasteiger partial charge is 0.318 e. The van der Waals surface area contributed by atoms with E-state index in [4.69, 9.17) is 4.98 Å². The van der Waals surface area contributed by atoms with E-state index in [1.165, 1.54) is 44.7 Å². The molecule has 3 nitrogen and oxygen atoms in total. The predicted molar refractivity (Wildman–Crippen MR) is 157 cm³/mol. The van der Waals surface area contributed by atoms with Crippen molar-refractivity contribution >= 4 is 28.5 Å². The van der Waals surface area contributed by atoms with E-state index in [2.05, 4.69) is 131 Å². The number of anilines is 2. The van der Waals surface area contributed by atoms with Crippen LogP contribution in [0.3, 0.4) is 0 Å². The number of hydrogen-bond acceptors (Lipinski definition) is 2. The summed E-state index contributed by atoms with van der Waals surface area (Å²) < 4.78 is 2.40. The van der Waals surface area contributed by atoms with Crippen LogP contribution in [-0.2, 0) is 6.42 Å². The van der Waals surface area contributed by atoms with Gasteiger partial charge in [0.05, 0.1) is 11.6 Å². The van der Waals surface area contributed by atoms with E-state index in [0.29, 0.717) is 5.92 Å². The fourth-order valence-electron chi connectivity index (χ4n) is 6.52. The molecular weight excluding hydrogens is 462 g/mol. The molecule has 0 N–H and O–H groups in total. The van der Waals surface area contributed by atoms with Crippen molar-refractivity contribution in [1.82, 2.24) is 9.55 Å². The van der Waals surface area contributed by atoms with Crippen molar-refractivity contribution in [2.75, 3.05) is 4.90 Å². The maximum Gasteiger partial charge on any atom is 0.133 e. The molecule has 3 aromatic carbocycles. The van der Waals surface area contributed by atoms with Gasteiger partial charge in [0.15, 0.2) is 0 Å². The van der Waals surface area contributed by atoms with Crippen LogP contribution in [0.2, 0.25) is 0 Å². The molecule has 2 unspecified atom stereocenters. The first-order valence-corrected chi connectivity index (χ1v) is 13.5. The molecule has 2 aliphatic carbocycles. The predicted octanol–water partition coefficient (Wildman–Crippen LogP) is 8.38. The minimum absolute atomic E-state index is 0.270. The monoisotopic (exact) mass is 489 g/mol. The van der Waals surface area contributed by atoms with Crippen LogP contribution in [0, 0.1) is 0 Å². The number of aromatic nitrogens is 2. The molecule has 182 valence electrons. The molecule has 0 amide bonds. The number of benzene rings is 3. The quantitative estimate of drug-likeness (QED) is 0.254. The second-order valence-electron chi connectivity index (χ2n) is 10.3. The van der Waals surface area contributed by atoms with Crippen LogP contribution in [-0.4, -0.2) is 15.6 Å². The van der Waals surface area contributed by atoms with Gasteiger partial charge in [0, 0.05) is 40.1 Å². The summed E-state index contributed by atoms with van der Waals surface area (Å²) in [7, 11) is 0. The summed E-state index contributed by atoms with van der Waals surface area (Å²) in [6.45, 7) is 0. The van der Waals surface area contributed by atoms with Gasteiger partial charge in [-0.2, -0.15) is 0 Å². The van der Waals surface area contributed by atoms with Gasteiger partial charge >= 0.3 is 0 Å². The van der Waals surface area contributed by atoms with Crippen LogP contribution in [0.4, 0.5) is 11.5 Å². The van der Waals surface area contributed by atoms with Gasteiger partial charge < -0.3 is 9.47 Å². The van der Waals surface area contributed by atoms with E-state index in [-0.39, 0.29) is 6.04 Å². The van der Waals surface area contributed by atoms with Gasteiger partial charge in [-0.3, -0.25) is 0 Å². The summed E-state index contributed by atoms with van der Waals surface area (Å²) >= 11 is 0. The lowest BCUT2D eigenvalue weighted by Crippen LogP contribution is -2.29. The lowest BCUT2D eigenvalue weighted by Gasteiger charge is -2.27. The lowest BCUT2D eigenvalue weighted by molar-refractivity contribution is 0.738. The molecule has 8 rings (SSSR count). The normalized spacial score (nSPS) is 19.0. The molecular formula is C35H27N3. The minimum Gasteiger partial charge on any atom is -0.318 e. The Morgan fingerprint density at radius 2 is 1.58 bits per heavy atom. The molecule has 2 atom stereocenters. The number of nitrogens with zero attached hydrogens (tertiary/aromatic N) is 3. The summed E-state index contributed by atoms with van der Waals surface area (Å²) in [5.41, 5.74) is 10.2. The van der Waals surface area contributed by atoms with Gasteiger partial charge in [0.2, 0.25) is 0 Å². The van der Waals surface area contributed by atoms with E-state index in [1.807, 2.05) is 6.20 Å². The Bertz CT molecular complexity index is 1770. The highest BCUT2D eigenvalue weighted by Gasteiger charge is 2.37. The highest BCUT2D eigenvalue weighted by Crippen LogP contribution is 2.47. The van der Waals surface area contributed by atoms with Crippen LogP contribution in [0.5, 0.6) is 0 Å². The molecule has 3 aliphatic rings. The highest BCUT2D eigenvalue weighted by atomic mass is 15.2. The standard InChI is InChI=1S/C35H27N3/c1-5-13-31-27(9-1)28-10-2-6-14-32(28)37(31)26-20-17-24(18-21-26)25-19-22-35(36-23-25)38-33-15-7-3-11-29(33)30-12-4-8-16-34(30)38/h1,3-9,11-23,29,33H,2,10H2. The average molecular weight is 490 g/mol. The number of pyridine rings is 1. The molecule has 0 saturated heterocycles. The molecule has 0 fully saturated rings. The summed E-state index contributed by atoms with van der Waals surface area (Å²) in [5, 5.41) is 1.37. The number of aryl methyl sites for hydroxylation is 1. The molecule has 0 radical (unpaired) electrons. The third-order valence-electron chi connectivity index (χ3n) is 8.27. The highest BCUT2D eigenvalue weighted by molar-refractivity contribution is 5.90. The Morgan fingerprint density at radius 3 is 2.47 bits per heavy atom. The zero-order valence-electron chi connectivity index (χ0n) is 21.0. The lowest BCUT2D eigenvalue weighted by atomic mass is 9.91. The van der Waals surface area contributed by atoms with Gasteiger partial charge in [-0.15, -0.1) is 0 Å². The SMILES string of the molecule is C1=CC2c3ccccc3N(c3ccc(-c4ccc(-n5c6c(c7ccccc75)CCC=C6)cc4)cn3)C2C=C1. The number of allylic oxidation sites excluding steroid dienone is 3. The molecule has 38 heavy (non-hydrogen) atoms. The molecule has 0 spiro atoms. The molecule has 2 aromatic heterocycles. The summed E-state index contributed by atoms with van der Waals surface area (Å²) in [5.74, 6) is 1.36. The maximum atomic E-state index is 4.95.